The van der Waals surface area contributed by atoms with E-state index in [1.54, 1.807) is 51.7 Å². The Bertz CT molecular complexity index is 612. The summed E-state index contributed by atoms with van der Waals surface area (Å²) in [6, 6.07) is 12.6. The number of rotatable bonds is 7. The number of methoxy groups -OCH3 is 3. The molecule has 5 heteroatoms. The van der Waals surface area contributed by atoms with Crippen molar-refractivity contribution in [2.24, 2.45) is 0 Å². The highest BCUT2D eigenvalue weighted by Gasteiger charge is 2.13. The minimum atomic E-state index is -0.787. The molecule has 0 aliphatic rings. The monoisotopic (exact) mass is 304 g/mol. The Morgan fingerprint density at radius 3 is 2.05 bits per heavy atom. The van der Waals surface area contributed by atoms with Gasteiger partial charge in [-0.05, 0) is 29.8 Å². The highest BCUT2D eigenvalue weighted by atomic mass is 16.5. The molecule has 2 aromatic carbocycles. The standard InChI is InChI=1S/C17H20O5/c1-19-14-6-4-5-7-16(14)22-11-13(18)12-8-9-15(20-2)17(10-12)21-3/h4-10,13,18H,11H2,1-3H3. The van der Waals surface area contributed by atoms with Gasteiger partial charge in [-0.25, -0.2) is 0 Å². The van der Waals surface area contributed by atoms with E-state index in [1.807, 2.05) is 12.1 Å². The average molecular weight is 304 g/mol. The predicted octanol–water partition coefficient (Wildman–Crippen LogP) is 2.82. The maximum Gasteiger partial charge on any atom is 0.161 e. The van der Waals surface area contributed by atoms with Crippen molar-refractivity contribution >= 4 is 0 Å². The lowest BCUT2D eigenvalue weighted by molar-refractivity contribution is 0.106. The summed E-state index contributed by atoms with van der Waals surface area (Å²) in [4.78, 5) is 0. The lowest BCUT2D eigenvalue weighted by Gasteiger charge is -2.16. The SMILES string of the molecule is COc1ccc(C(O)COc2ccccc2OC)cc1OC. The molecular formula is C17H20O5. The lowest BCUT2D eigenvalue weighted by Crippen LogP contribution is -2.10. The molecule has 0 spiro atoms. The topological polar surface area (TPSA) is 57.2 Å². The summed E-state index contributed by atoms with van der Waals surface area (Å²) < 4.78 is 21.2. The second-order valence-electron chi connectivity index (χ2n) is 4.59. The van der Waals surface area contributed by atoms with Crippen molar-refractivity contribution in [3.05, 3.63) is 48.0 Å². The molecule has 0 bridgehead atoms. The third-order valence-electron chi connectivity index (χ3n) is 3.26. The predicted molar refractivity (Wildman–Crippen MR) is 83.0 cm³/mol. The van der Waals surface area contributed by atoms with E-state index in [0.29, 0.717) is 28.6 Å². The third kappa shape index (κ3) is 3.62. The van der Waals surface area contributed by atoms with Gasteiger partial charge in [-0.1, -0.05) is 18.2 Å². The van der Waals surface area contributed by atoms with Crippen molar-refractivity contribution in [2.45, 2.75) is 6.10 Å². The van der Waals surface area contributed by atoms with Crippen molar-refractivity contribution in [1.82, 2.24) is 0 Å². The van der Waals surface area contributed by atoms with Gasteiger partial charge >= 0.3 is 0 Å². The molecule has 1 N–H and O–H groups in total. The second-order valence-corrected chi connectivity index (χ2v) is 4.59. The van der Waals surface area contributed by atoms with Crippen LogP contribution >= 0.6 is 0 Å². The summed E-state index contributed by atoms with van der Waals surface area (Å²) in [5.41, 5.74) is 0.688. The number of para-hydroxylation sites is 2. The first-order chi connectivity index (χ1) is 10.7. The van der Waals surface area contributed by atoms with Crippen molar-refractivity contribution in [3.63, 3.8) is 0 Å². The maximum atomic E-state index is 10.3. The summed E-state index contributed by atoms with van der Waals surface area (Å²) >= 11 is 0. The normalized spacial score (nSPS) is 11.6. The Kier molecular flexibility index (Phi) is 5.49. The van der Waals surface area contributed by atoms with Crippen LogP contribution in [0.5, 0.6) is 23.0 Å². The van der Waals surface area contributed by atoms with Gasteiger partial charge in [0.15, 0.2) is 23.0 Å². The molecular weight excluding hydrogens is 284 g/mol. The minimum Gasteiger partial charge on any atom is -0.493 e. The van der Waals surface area contributed by atoms with E-state index in [1.165, 1.54) is 0 Å². The molecule has 0 heterocycles. The Balaban J connectivity index is 2.07. The molecule has 0 radical (unpaired) electrons. The highest BCUT2D eigenvalue weighted by Crippen LogP contribution is 2.31. The first-order valence-electron chi connectivity index (χ1n) is 6.85. The fourth-order valence-corrected chi connectivity index (χ4v) is 2.06. The second kappa shape index (κ2) is 7.56. The van der Waals surface area contributed by atoms with Crippen LogP contribution in [0, 0.1) is 0 Å². The largest absolute Gasteiger partial charge is 0.493 e. The first kappa shape index (κ1) is 16.0. The van der Waals surface area contributed by atoms with Crippen LogP contribution < -0.4 is 18.9 Å². The maximum absolute atomic E-state index is 10.3. The van der Waals surface area contributed by atoms with Gasteiger partial charge in [-0.15, -0.1) is 0 Å². The zero-order chi connectivity index (χ0) is 15.9. The number of aliphatic hydroxyl groups is 1. The van der Waals surface area contributed by atoms with Gasteiger partial charge in [0.05, 0.1) is 21.3 Å². The zero-order valence-corrected chi connectivity index (χ0v) is 12.9. The molecule has 0 aromatic heterocycles. The van der Waals surface area contributed by atoms with Crippen LogP contribution in [-0.2, 0) is 0 Å². The van der Waals surface area contributed by atoms with E-state index >= 15 is 0 Å². The summed E-state index contributed by atoms with van der Waals surface area (Å²) in [7, 11) is 4.70. The van der Waals surface area contributed by atoms with Crippen LogP contribution in [0.3, 0.4) is 0 Å². The summed E-state index contributed by atoms with van der Waals surface area (Å²) in [5.74, 6) is 2.40. The first-order valence-corrected chi connectivity index (χ1v) is 6.85. The highest BCUT2D eigenvalue weighted by molar-refractivity contribution is 5.44. The molecule has 22 heavy (non-hydrogen) atoms. The van der Waals surface area contributed by atoms with Crippen molar-refractivity contribution < 1.29 is 24.1 Å². The van der Waals surface area contributed by atoms with Crippen LogP contribution in [0.15, 0.2) is 42.5 Å². The van der Waals surface area contributed by atoms with Gasteiger partial charge in [-0.2, -0.15) is 0 Å². The molecule has 0 saturated heterocycles. The van der Waals surface area contributed by atoms with Crippen molar-refractivity contribution in [1.29, 1.82) is 0 Å². The summed E-state index contributed by atoms with van der Waals surface area (Å²) in [6.07, 6.45) is -0.787. The summed E-state index contributed by atoms with van der Waals surface area (Å²) in [6.45, 7) is 0.107. The molecule has 5 nitrogen and oxygen atoms in total. The van der Waals surface area contributed by atoms with E-state index in [2.05, 4.69) is 0 Å². The van der Waals surface area contributed by atoms with Gasteiger partial charge in [-0.3, -0.25) is 0 Å². The summed E-state index contributed by atoms with van der Waals surface area (Å²) in [5, 5.41) is 10.3. The molecule has 1 atom stereocenters. The number of hydrogen-bond acceptors (Lipinski definition) is 5. The molecule has 0 amide bonds. The lowest BCUT2D eigenvalue weighted by atomic mass is 10.1. The fourth-order valence-electron chi connectivity index (χ4n) is 2.06. The number of ether oxygens (including phenoxy) is 4. The smallest absolute Gasteiger partial charge is 0.161 e. The quantitative estimate of drug-likeness (QED) is 0.852. The molecule has 1 unspecified atom stereocenters. The molecule has 0 aliphatic heterocycles. The molecule has 0 saturated carbocycles. The van der Waals surface area contributed by atoms with Gasteiger partial charge in [0.2, 0.25) is 0 Å². The third-order valence-corrected chi connectivity index (χ3v) is 3.26. The number of hydrogen-bond donors (Lipinski definition) is 1. The van der Waals surface area contributed by atoms with Gasteiger partial charge in [0, 0.05) is 0 Å². The molecule has 2 aromatic rings. The molecule has 0 aliphatic carbocycles. The van der Waals surface area contributed by atoms with Crippen LogP contribution in [0.25, 0.3) is 0 Å². The average Bonchev–Trinajstić information content (AvgIpc) is 2.59. The Labute approximate surface area is 130 Å². The van der Waals surface area contributed by atoms with E-state index in [-0.39, 0.29) is 6.61 Å². The van der Waals surface area contributed by atoms with Crippen molar-refractivity contribution in [2.75, 3.05) is 27.9 Å². The number of aliphatic hydroxyl groups excluding tert-OH is 1. The van der Waals surface area contributed by atoms with E-state index in [0.717, 1.165) is 0 Å². The Morgan fingerprint density at radius 1 is 0.818 bits per heavy atom. The van der Waals surface area contributed by atoms with Crippen molar-refractivity contribution in [3.8, 4) is 23.0 Å². The molecule has 118 valence electrons. The van der Waals surface area contributed by atoms with Crippen LogP contribution in [-0.4, -0.2) is 33.0 Å². The zero-order valence-electron chi connectivity index (χ0n) is 12.9. The van der Waals surface area contributed by atoms with Gasteiger partial charge in [0.25, 0.3) is 0 Å². The van der Waals surface area contributed by atoms with E-state index in [9.17, 15) is 5.11 Å². The van der Waals surface area contributed by atoms with E-state index in [4.69, 9.17) is 18.9 Å². The van der Waals surface area contributed by atoms with Crippen LogP contribution in [0.4, 0.5) is 0 Å². The van der Waals surface area contributed by atoms with Crippen LogP contribution in [0.2, 0.25) is 0 Å². The van der Waals surface area contributed by atoms with Crippen LogP contribution in [0.1, 0.15) is 11.7 Å². The molecule has 2 rings (SSSR count). The fraction of sp³-hybridized carbons (Fsp3) is 0.294. The minimum absolute atomic E-state index is 0.107. The number of benzene rings is 2. The van der Waals surface area contributed by atoms with Gasteiger partial charge in [0.1, 0.15) is 12.7 Å². The van der Waals surface area contributed by atoms with E-state index < -0.39 is 6.10 Å². The molecule has 0 fully saturated rings. The Hall–Kier alpha value is -2.40. The Morgan fingerprint density at radius 2 is 1.41 bits per heavy atom. The van der Waals surface area contributed by atoms with Gasteiger partial charge < -0.3 is 24.1 Å².